The van der Waals surface area contributed by atoms with Crippen molar-refractivity contribution in [1.82, 2.24) is 4.98 Å². The maximum absolute atomic E-state index is 5.80. The lowest BCUT2D eigenvalue weighted by Crippen LogP contribution is -2.30. The molecule has 21 heavy (non-hydrogen) atoms. The summed E-state index contributed by atoms with van der Waals surface area (Å²) in [7, 11) is 0. The van der Waals surface area contributed by atoms with Gasteiger partial charge in [0.15, 0.2) is 0 Å². The smallest absolute Gasteiger partial charge is 0.0929 e. The molecule has 0 fully saturated rings. The summed E-state index contributed by atoms with van der Waals surface area (Å²) in [5.41, 5.74) is 5.33. The molecule has 1 aromatic heterocycles. The first kappa shape index (κ1) is 14.9. The molecule has 1 aromatic carbocycles. The number of fused-ring (bicyclic) bond motifs is 1. The minimum absolute atomic E-state index is 0.523. The second-order valence-corrected chi connectivity index (χ2v) is 6.90. The molecule has 2 nitrogen and oxygen atoms in total. The minimum Gasteiger partial charge on any atom is -0.371 e. The van der Waals surface area contributed by atoms with Crippen molar-refractivity contribution in [2.75, 3.05) is 18.0 Å². The summed E-state index contributed by atoms with van der Waals surface area (Å²) in [4.78, 5) is 7.07. The molecular weight excluding hydrogens is 300 g/mol. The van der Waals surface area contributed by atoms with E-state index in [1.54, 1.807) is 11.3 Å². The van der Waals surface area contributed by atoms with Crippen LogP contribution >= 0.6 is 22.9 Å². The van der Waals surface area contributed by atoms with Crippen LogP contribution in [0.1, 0.15) is 34.7 Å². The molecule has 1 aliphatic heterocycles. The number of aromatic nitrogens is 1. The minimum atomic E-state index is 0.523. The lowest BCUT2D eigenvalue weighted by molar-refractivity contribution is 0.663. The van der Waals surface area contributed by atoms with Gasteiger partial charge < -0.3 is 4.90 Å². The number of halogens is 1. The van der Waals surface area contributed by atoms with Gasteiger partial charge in [0.2, 0.25) is 0 Å². The fraction of sp³-hybridized carbons (Fsp3) is 0.471. The number of aryl methyl sites for hydroxylation is 3. The summed E-state index contributed by atoms with van der Waals surface area (Å²) in [6.45, 7) is 4.48. The van der Waals surface area contributed by atoms with Gasteiger partial charge in [-0.25, -0.2) is 4.98 Å². The predicted molar refractivity (Wildman–Crippen MR) is 91.7 cm³/mol. The summed E-state index contributed by atoms with van der Waals surface area (Å²) in [6.07, 6.45) is 4.70. The second kappa shape index (κ2) is 6.80. The van der Waals surface area contributed by atoms with E-state index in [1.807, 2.05) is 0 Å². The van der Waals surface area contributed by atoms with Crippen LogP contribution in [-0.4, -0.2) is 18.1 Å². The van der Waals surface area contributed by atoms with E-state index in [2.05, 4.69) is 40.4 Å². The van der Waals surface area contributed by atoms with Crippen molar-refractivity contribution in [2.24, 2.45) is 0 Å². The molecule has 112 valence electrons. The van der Waals surface area contributed by atoms with E-state index < -0.39 is 0 Å². The first-order valence-electron chi connectivity index (χ1n) is 7.60. The Hall–Kier alpha value is -1.06. The van der Waals surface area contributed by atoms with Crippen LogP contribution in [0.4, 0.5) is 5.69 Å². The Morgan fingerprint density at radius 3 is 3.10 bits per heavy atom. The van der Waals surface area contributed by atoms with Gasteiger partial charge in [-0.2, -0.15) is 0 Å². The molecule has 0 spiro atoms. The van der Waals surface area contributed by atoms with Gasteiger partial charge in [-0.15, -0.1) is 22.9 Å². The molecule has 0 amide bonds. The molecule has 0 saturated heterocycles. The van der Waals surface area contributed by atoms with E-state index in [0.29, 0.717) is 5.88 Å². The summed E-state index contributed by atoms with van der Waals surface area (Å²) < 4.78 is 0. The van der Waals surface area contributed by atoms with Crippen LogP contribution in [0.5, 0.6) is 0 Å². The number of hydrogen-bond acceptors (Lipinski definition) is 3. The number of benzene rings is 1. The van der Waals surface area contributed by atoms with Crippen LogP contribution in [0.3, 0.4) is 0 Å². The Kier molecular flexibility index (Phi) is 4.81. The van der Waals surface area contributed by atoms with E-state index in [4.69, 9.17) is 11.6 Å². The van der Waals surface area contributed by atoms with E-state index in [9.17, 15) is 0 Å². The molecular formula is C17H21ClN2S. The summed E-state index contributed by atoms with van der Waals surface area (Å²) in [5, 5.41) is 3.29. The number of thiazole rings is 1. The molecule has 0 bridgehead atoms. The third-order valence-electron chi connectivity index (χ3n) is 4.00. The standard InChI is InChI=1S/C17H21ClN2S/c1-13-6-7-16-14(10-13)4-2-8-20(16)9-3-5-17-19-15(11-18)12-21-17/h6-7,10,12H,2-5,8-9,11H2,1H3. The van der Waals surface area contributed by atoms with Gasteiger partial charge in [0, 0.05) is 30.6 Å². The highest BCUT2D eigenvalue weighted by molar-refractivity contribution is 7.09. The fourth-order valence-electron chi connectivity index (χ4n) is 2.98. The molecule has 2 aromatic rings. The van der Waals surface area contributed by atoms with Crippen LogP contribution in [-0.2, 0) is 18.7 Å². The molecule has 4 heteroatoms. The first-order chi connectivity index (χ1) is 10.3. The molecule has 0 atom stereocenters. The van der Waals surface area contributed by atoms with E-state index in [-0.39, 0.29) is 0 Å². The number of alkyl halides is 1. The Morgan fingerprint density at radius 1 is 1.38 bits per heavy atom. The van der Waals surface area contributed by atoms with Gasteiger partial charge in [-0.3, -0.25) is 0 Å². The summed E-state index contributed by atoms with van der Waals surface area (Å²) >= 11 is 7.54. The summed E-state index contributed by atoms with van der Waals surface area (Å²) in [5.74, 6) is 0.523. The van der Waals surface area contributed by atoms with E-state index >= 15 is 0 Å². The largest absolute Gasteiger partial charge is 0.371 e. The van der Waals surface area contributed by atoms with E-state index in [0.717, 1.165) is 25.1 Å². The number of hydrogen-bond donors (Lipinski definition) is 0. The first-order valence-corrected chi connectivity index (χ1v) is 9.01. The molecule has 0 unspecified atom stereocenters. The van der Waals surface area contributed by atoms with Gasteiger partial charge in [0.1, 0.15) is 0 Å². The Labute approximate surface area is 135 Å². The van der Waals surface area contributed by atoms with Crippen LogP contribution in [0.15, 0.2) is 23.6 Å². The molecule has 3 rings (SSSR count). The van der Waals surface area contributed by atoms with Crippen molar-refractivity contribution >= 4 is 28.6 Å². The number of anilines is 1. The van der Waals surface area contributed by atoms with Crippen molar-refractivity contribution in [3.05, 3.63) is 45.4 Å². The highest BCUT2D eigenvalue weighted by Gasteiger charge is 2.16. The van der Waals surface area contributed by atoms with Crippen LogP contribution < -0.4 is 4.90 Å². The van der Waals surface area contributed by atoms with Crippen molar-refractivity contribution in [3.63, 3.8) is 0 Å². The molecule has 0 aliphatic carbocycles. The Balaban J connectivity index is 1.59. The molecule has 1 aliphatic rings. The second-order valence-electron chi connectivity index (χ2n) is 5.69. The normalized spacial score (nSPS) is 14.3. The fourth-order valence-corrected chi connectivity index (χ4v) is 4.05. The van der Waals surface area contributed by atoms with Crippen LogP contribution in [0.25, 0.3) is 0 Å². The molecule has 2 heterocycles. The molecule has 0 saturated carbocycles. The van der Waals surface area contributed by atoms with Crippen molar-refractivity contribution < 1.29 is 0 Å². The average Bonchev–Trinajstić information content (AvgIpc) is 2.95. The van der Waals surface area contributed by atoms with Crippen molar-refractivity contribution in [2.45, 2.75) is 38.5 Å². The predicted octanol–water partition coefficient (Wildman–Crippen LogP) is 4.58. The average molecular weight is 321 g/mol. The maximum atomic E-state index is 5.80. The Bertz CT molecular complexity index is 609. The van der Waals surface area contributed by atoms with Gasteiger partial charge in [0.05, 0.1) is 16.6 Å². The van der Waals surface area contributed by atoms with Crippen molar-refractivity contribution in [3.8, 4) is 0 Å². The van der Waals surface area contributed by atoms with Gasteiger partial charge in [-0.1, -0.05) is 17.7 Å². The zero-order chi connectivity index (χ0) is 14.7. The lowest BCUT2D eigenvalue weighted by Gasteiger charge is -2.31. The number of rotatable bonds is 5. The lowest BCUT2D eigenvalue weighted by atomic mass is 9.99. The van der Waals surface area contributed by atoms with E-state index in [1.165, 1.54) is 41.2 Å². The van der Waals surface area contributed by atoms with Crippen LogP contribution in [0.2, 0.25) is 0 Å². The monoisotopic (exact) mass is 320 g/mol. The van der Waals surface area contributed by atoms with Gasteiger partial charge in [0.25, 0.3) is 0 Å². The third-order valence-corrected chi connectivity index (χ3v) is 5.24. The zero-order valence-corrected chi connectivity index (χ0v) is 14.0. The third kappa shape index (κ3) is 3.58. The maximum Gasteiger partial charge on any atom is 0.0929 e. The molecule has 0 N–H and O–H groups in total. The highest BCUT2D eigenvalue weighted by Crippen LogP contribution is 2.28. The number of nitrogens with zero attached hydrogens (tertiary/aromatic N) is 2. The zero-order valence-electron chi connectivity index (χ0n) is 12.4. The Morgan fingerprint density at radius 2 is 2.29 bits per heavy atom. The molecule has 0 radical (unpaired) electrons. The highest BCUT2D eigenvalue weighted by atomic mass is 35.5. The quantitative estimate of drug-likeness (QED) is 0.750. The van der Waals surface area contributed by atoms with Gasteiger partial charge in [-0.05, 0) is 37.8 Å². The van der Waals surface area contributed by atoms with Gasteiger partial charge >= 0.3 is 0 Å². The topological polar surface area (TPSA) is 16.1 Å². The van der Waals surface area contributed by atoms with Crippen molar-refractivity contribution in [1.29, 1.82) is 0 Å². The van der Waals surface area contributed by atoms with Crippen LogP contribution in [0, 0.1) is 6.92 Å². The SMILES string of the molecule is Cc1ccc2c(c1)CCCN2CCCc1nc(CCl)cs1. The summed E-state index contributed by atoms with van der Waals surface area (Å²) in [6, 6.07) is 6.86.